The van der Waals surface area contributed by atoms with E-state index in [1.165, 1.54) is 24.0 Å². The fourth-order valence-electron chi connectivity index (χ4n) is 3.39. The van der Waals surface area contributed by atoms with Gasteiger partial charge in [-0.3, -0.25) is 4.90 Å². The molecule has 104 valence electrons. The highest BCUT2D eigenvalue weighted by Crippen LogP contribution is 2.38. The molecule has 1 aromatic rings. The highest BCUT2D eigenvalue weighted by atomic mass is 16.5. The van der Waals surface area contributed by atoms with Crippen molar-refractivity contribution < 1.29 is 4.74 Å². The van der Waals surface area contributed by atoms with E-state index >= 15 is 0 Å². The Morgan fingerprint density at radius 1 is 1.42 bits per heavy atom. The topological polar surface area (TPSA) is 38.5 Å². The van der Waals surface area contributed by atoms with E-state index < -0.39 is 0 Å². The molecule has 0 amide bonds. The average molecular weight is 260 g/mol. The van der Waals surface area contributed by atoms with E-state index in [1.807, 2.05) is 0 Å². The van der Waals surface area contributed by atoms with Crippen LogP contribution in [0.3, 0.4) is 0 Å². The Bertz CT molecular complexity index is 470. The summed E-state index contributed by atoms with van der Waals surface area (Å²) in [5.74, 6) is 1.12. The number of nitrogens with zero attached hydrogens (tertiary/aromatic N) is 1. The van der Waals surface area contributed by atoms with Crippen molar-refractivity contribution in [2.24, 2.45) is 5.73 Å². The van der Waals surface area contributed by atoms with Crippen molar-refractivity contribution >= 4 is 0 Å². The molecule has 3 rings (SSSR count). The maximum atomic E-state index is 6.15. The maximum Gasteiger partial charge on any atom is 0.127 e. The molecule has 2 aliphatic heterocycles. The number of rotatable bonds is 3. The summed E-state index contributed by atoms with van der Waals surface area (Å²) >= 11 is 0. The van der Waals surface area contributed by atoms with Gasteiger partial charge in [-0.05, 0) is 38.8 Å². The minimum Gasteiger partial charge on any atom is -0.487 e. The molecule has 0 bridgehead atoms. The molecule has 0 saturated carbocycles. The molecular weight excluding hydrogens is 236 g/mol. The maximum absolute atomic E-state index is 6.15. The van der Waals surface area contributed by atoms with Gasteiger partial charge in [-0.1, -0.05) is 18.2 Å². The summed E-state index contributed by atoms with van der Waals surface area (Å²) in [6.07, 6.45) is 3.51. The van der Waals surface area contributed by atoms with Crippen molar-refractivity contribution in [2.75, 3.05) is 13.1 Å². The second kappa shape index (κ2) is 4.80. The molecule has 0 radical (unpaired) electrons. The zero-order chi connectivity index (χ0) is 13.5. The first kappa shape index (κ1) is 12.9. The van der Waals surface area contributed by atoms with Crippen molar-refractivity contribution in [3.05, 3.63) is 29.3 Å². The number of likely N-dealkylation sites (tertiary alicyclic amines) is 1. The summed E-state index contributed by atoms with van der Waals surface area (Å²) in [7, 11) is 0. The Kier molecular flexibility index (Phi) is 3.27. The van der Waals surface area contributed by atoms with Crippen LogP contribution in [0.15, 0.2) is 18.2 Å². The number of ether oxygens (including phenoxy) is 1. The Morgan fingerprint density at radius 3 is 3.05 bits per heavy atom. The Labute approximate surface area is 115 Å². The van der Waals surface area contributed by atoms with Gasteiger partial charge in [0.1, 0.15) is 11.4 Å². The molecular formula is C16H24N2O. The molecule has 3 nitrogen and oxygen atoms in total. The molecule has 1 aromatic carbocycles. The van der Waals surface area contributed by atoms with Crippen LogP contribution in [0.5, 0.6) is 5.75 Å². The van der Waals surface area contributed by atoms with Gasteiger partial charge in [0.2, 0.25) is 0 Å². The summed E-state index contributed by atoms with van der Waals surface area (Å²) in [5, 5.41) is 0. The monoisotopic (exact) mass is 260 g/mol. The molecule has 2 N–H and O–H groups in total. The van der Waals surface area contributed by atoms with Crippen molar-refractivity contribution in [2.45, 2.75) is 51.3 Å². The third-order valence-electron chi connectivity index (χ3n) is 4.32. The van der Waals surface area contributed by atoms with Crippen molar-refractivity contribution in [1.29, 1.82) is 0 Å². The van der Waals surface area contributed by atoms with Gasteiger partial charge in [-0.2, -0.15) is 0 Å². The summed E-state index contributed by atoms with van der Waals surface area (Å²) < 4.78 is 6.15. The second-order valence-electron chi connectivity index (χ2n) is 6.45. The van der Waals surface area contributed by atoms with E-state index in [9.17, 15) is 0 Å². The van der Waals surface area contributed by atoms with Gasteiger partial charge < -0.3 is 10.5 Å². The Morgan fingerprint density at radius 2 is 2.26 bits per heavy atom. The van der Waals surface area contributed by atoms with Gasteiger partial charge >= 0.3 is 0 Å². The van der Waals surface area contributed by atoms with Gasteiger partial charge in [0.15, 0.2) is 0 Å². The molecule has 0 aromatic heterocycles. The number of hydrogen-bond donors (Lipinski definition) is 1. The molecule has 1 atom stereocenters. The van der Waals surface area contributed by atoms with E-state index in [2.05, 4.69) is 36.9 Å². The Balaban J connectivity index is 1.82. The zero-order valence-corrected chi connectivity index (χ0v) is 12.0. The second-order valence-corrected chi connectivity index (χ2v) is 6.45. The molecule has 1 saturated heterocycles. The van der Waals surface area contributed by atoms with Crippen LogP contribution in [0.1, 0.15) is 37.8 Å². The first-order valence-electron chi connectivity index (χ1n) is 7.33. The van der Waals surface area contributed by atoms with Crippen molar-refractivity contribution in [3.8, 4) is 5.75 Å². The molecule has 1 unspecified atom stereocenters. The van der Waals surface area contributed by atoms with Crippen LogP contribution < -0.4 is 10.5 Å². The minimum atomic E-state index is -0.0588. The number of fused-ring (bicyclic) bond motifs is 1. The number of benzene rings is 1. The summed E-state index contributed by atoms with van der Waals surface area (Å²) in [6, 6.07) is 7.10. The van der Waals surface area contributed by atoms with Crippen LogP contribution >= 0.6 is 0 Å². The fourth-order valence-corrected chi connectivity index (χ4v) is 3.39. The lowest BCUT2D eigenvalue weighted by Gasteiger charge is -2.24. The SMILES string of the molecule is CC1(C)Cc2cccc(CN3CCCC3CN)c2O1. The minimum absolute atomic E-state index is 0.0588. The van der Waals surface area contributed by atoms with Crippen molar-refractivity contribution in [3.63, 3.8) is 0 Å². The molecule has 3 heteroatoms. The summed E-state index contributed by atoms with van der Waals surface area (Å²) in [4.78, 5) is 2.50. The van der Waals surface area contributed by atoms with E-state index in [4.69, 9.17) is 10.5 Å². The largest absolute Gasteiger partial charge is 0.487 e. The standard InChI is InChI=1S/C16H24N2O/c1-16(2)9-12-5-3-6-13(15(12)19-16)11-18-8-4-7-14(18)10-17/h3,5-6,14H,4,7-11,17H2,1-2H3. The third-order valence-corrected chi connectivity index (χ3v) is 4.32. The first-order valence-corrected chi connectivity index (χ1v) is 7.33. The lowest BCUT2D eigenvalue weighted by molar-refractivity contribution is 0.135. The quantitative estimate of drug-likeness (QED) is 0.906. The highest BCUT2D eigenvalue weighted by molar-refractivity contribution is 5.45. The van der Waals surface area contributed by atoms with Crippen LogP contribution in [0.4, 0.5) is 0 Å². The van der Waals surface area contributed by atoms with Gasteiger partial charge in [0.25, 0.3) is 0 Å². The van der Waals surface area contributed by atoms with Crippen LogP contribution in [-0.4, -0.2) is 29.6 Å². The first-order chi connectivity index (χ1) is 9.09. The number of nitrogens with two attached hydrogens (primary N) is 1. The zero-order valence-electron chi connectivity index (χ0n) is 12.0. The van der Waals surface area contributed by atoms with E-state index in [1.54, 1.807) is 0 Å². The third kappa shape index (κ3) is 2.49. The highest BCUT2D eigenvalue weighted by Gasteiger charge is 2.32. The van der Waals surface area contributed by atoms with Crippen LogP contribution in [0.2, 0.25) is 0 Å². The van der Waals surface area contributed by atoms with Gasteiger partial charge in [0.05, 0.1) is 0 Å². The predicted octanol–water partition coefficient (Wildman–Crippen LogP) is 2.32. The average Bonchev–Trinajstić information content (AvgIpc) is 2.92. The van der Waals surface area contributed by atoms with Gasteiger partial charge in [-0.15, -0.1) is 0 Å². The van der Waals surface area contributed by atoms with E-state index in [0.717, 1.165) is 31.8 Å². The lowest BCUT2D eigenvalue weighted by Crippen LogP contribution is -2.35. The normalized spacial score (nSPS) is 25.3. The smallest absolute Gasteiger partial charge is 0.127 e. The van der Waals surface area contributed by atoms with Crippen molar-refractivity contribution in [1.82, 2.24) is 4.90 Å². The summed E-state index contributed by atoms with van der Waals surface area (Å²) in [6.45, 7) is 7.22. The summed E-state index contributed by atoms with van der Waals surface area (Å²) in [5.41, 5.74) is 8.48. The van der Waals surface area contributed by atoms with Crippen LogP contribution in [-0.2, 0) is 13.0 Å². The predicted molar refractivity (Wildman–Crippen MR) is 77.3 cm³/mol. The van der Waals surface area contributed by atoms with E-state index in [-0.39, 0.29) is 5.60 Å². The molecule has 19 heavy (non-hydrogen) atoms. The van der Waals surface area contributed by atoms with Crippen LogP contribution in [0.25, 0.3) is 0 Å². The van der Waals surface area contributed by atoms with Gasteiger partial charge in [-0.25, -0.2) is 0 Å². The molecule has 0 aliphatic carbocycles. The molecule has 2 heterocycles. The van der Waals surface area contributed by atoms with E-state index in [0.29, 0.717) is 6.04 Å². The lowest BCUT2D eigenvalue weighted by atomic mass is 10.0. The number of para-hydroxylation sites is 1. The fraction of sp³-hybridized carbons (Fsp3) is 0.625. The molecule has 2 aliphatic rings. The Hall–Kier alpha value is -1.06. The van der Waals surface area contributed by atoms with Gasteiger partial charge in [0, 0.05) is 31.1 Å². The molecule has 1 fully saturated rings. The van der Waals surface area contributed by atoms with Crippen LogP contribution in [0, 0.1) is 0 Å². The molecule has 0 spiro atoms. The number of hydrogen-bond acceptors (Lipinski definition) is 3.